The van der Waals surface area contributed by atoms with Crippen molar-refractivity contribution >= 4 is 29.2 Å². The summed E-state index contributed by atoms with van der Waals surface area (Å²) in [6.07, 6.45) is 0. The van der Waals surface area contributed by atoms with Crippen LogP contribution in [0, 0.1) is 5.82 Å². The van der Waals surface area contributed by atoms with Crippen molar-refractivity contribution in [3.05, 3.63) is 84.2 Å². The van der Waals surface area contributed by atoms with Crippen LogP contribution in [0.25, 0.3) is 0 Å². The molecule has 170 valence electrons. The molecule has 0 spiro atoms. The van der Waals surface area contributed by atoms with Gasteiger partial charge in [-0.3, -0.25) is 9.59 Å². The largest absolute Gasteiger partial charge is 0.497 e. The van der Waals surface area contributed by atoms with E-state index in [2.05, 4.69) is 10.6 Å². The molecular formula is C24H21FN2O6. The monoisotopic (exact) mass is 452 g/mol. The quantitative estimate of drug-likeness (QED) is 0.481. The van der Waals surface area contributed by atoms with E-state index in [1.54, 1.807) is 30.3 Å². The van der Waals surface area contributed by atoms with Gasteiger partial charge in [-0.05, 0) is 48.5 Å². The molecule has 2 amide bonds. The van der Waals surface area contributed by atoms with Crippen molar-refractivity contribution < 1.29 is 33.0 Å². The molecule has 2 N–H and O–H groups in total. The summed E-state index contributed by atoms with van der Waals surface area (Å²) >= 11 is 0. The van der Waals surface area contributed by atoms with Crippen molar-refractivity contribution in [2.75, 3.05) is 31.0 Å². The highest BCUT2D eigenvalue weighted by atomic mass is 19.1. The van der Waals surface area contributed by atoms with Crippen molar-refractivity contribution in [2.24, 2.45) is 0 Å². The average molecular weight is 452 g/mol. The molecule has 3 aromatic rings. The molecule has 8 nitrogen and oxygen atoms in total. The van der Waals surface area contributed by atoms with Gasteiger partial charge >= 0.3 is 5.97 Å². The standard InChI is InChI=1S/C24H21FN2O6/c1-31-19-6-4-5-17(13-19)26-22(28)14-32-18-11-9-16(10-12-18)24(30)33-15-23(29)27-21-8-3-2-7-20(21)25/h2-13H,14-15H2,1H3,(H,26,28)(H,27,29). The van der Waals surface area contributed by atoms with Crippen LogP contribution in [0.3, 0.4) is 0 Å². The zero-order valence-corrected chi connectivity index (χ0v) is 17.7. The van der Waals surface area contributed by atoms with E-state index in [0.29, 0.717) is 17.2 Å². The lowest BCUT2D eigenvalue weighted by Gasteiger charge is -2.09. The number of hydrogen-bond acceptors (Lipinski definition) is 6. The molecule has 33 heavy (non-hydrogen) atoms. The Morgan fingerprint density at radius 2 is 1.55 bits per heavy atom. The minimum absolute atomic E-state index is 0.00418. The van der Waals surface area contributed by atoms with Gasteiger partial charge < -0.3 is 24.8 Å². The molecule has 0 heterocycles. The average Bonchev–Trinajstić information content (AvgIpc) is 2.83. The molecule has 9 heteroatoms. The van der Waals surface area contributed by atoms with E-state index in [9.17, 15) is 18.8 Å². The second kappa shape index (κ2) is 11.3. The number of carbonyl (C=O) groups excluding carboxylic acids is 3. The maximum absolute atomic E-state index is 13.5. The summed E-state index contributed by atoms with van der Waals surface area (Å²) in [5.41, 5.74) is 0.748. The SMILES string of the molecule is COc1cccc(NC(=O)COc2ccc(C(=O)OCC(=O)Nc3ccccc3F)cc2)c1. The van der Waals surface area contributed by atoms with E-state index in [0.717, 1.165) is 0 Å². The van der Waals surface area contributed by atoms with Gasteiger partial charge in [0.1, 0.15) is 17.3 Å². The third-order valence-corrected chi connectivity index (χ3v) is 4.30. The highest BCUT2D eigenvalue weighted by Crippen LogP contribution is 2.17. The molecule has 0 saturated carbocycles. The van der Waals surface area contributed by atoms with Gasteiger partial charge in [-0.25, -0.2) is 9.18 Å². The van der Waals surface area contributed by atoms with Gasteiger partial charge in [0.25, 0.3) is 11.8 Å². The summed E-state index contributed by atoms with van der Waals surface area (Å²) in [6, 6.07) is 18.4. The number of carbonyl (C=O) groups is 3. The van der Waals surface area contributed by atoms with Crippen molar-refractivity contribution in [1.29, 1.82) is 0 Å². The Hall–Kier alpha value is -4.40. The second-order valence-corrected chi connectivity index (χ2v) is 6.70. The summed E-state index contributed by atoms with van der Waals surface area (Å²) in [4.78, 5) is 36.0. The number of para-hydroxylation sites is 1. The zero-order valence-electron chi connectivity index (χ0n) is 17.7. The van der Waals surface area contributed by atoms with Crippen LogP contribution in [0.2, 0.25) is 0 Å². The Kier molecular flexibility index (Phi) is 7.96. The summed E-state index contributed by atoms with van der Waals surface area (Å²) < 4.78 is 29.0. The van der Waals surface area contributed by atoms with Gasteiger partial charge in [0.2, 0.25) is 0 Å². The number of halogens is 1. The number of hydrogen-bond donors (Lipinski definition) is 2. The van der Waals surface area contributed by atoms with E-state index in [-0.39, 0.29) is 23.8 Å². The van der Waals surface area contributed by atoms with Gasteiger partial charge in [0.05, 0.1) is 18.4 Å². The second-order valence-electron chi connectivity index (χ2n) is 6.70. The Morgan fingerprint density at radius 3 is 2.27 bits per heavy atom. The minimum Gasteiger partial charge on any atom is -0.497 e. The molecule has 0 aliphatic rings. The fraction of sp³-hybridized carbons (Fsp3) is 0.125. The smallest absolute Gasteiger partial charge is 0.338 e. The number of rotatable bonds is 9. The van der Waals surface area contributed by atoms with Crippen molar-refractivity contribution in [2.45, 2.75) is 0 Å². The maximum Gasteiger partial charge on any atom is 0.338 e. The lowest BCUT2D eigenvalue weighted by Crippen LogP contribution is -2.21. The minimum atomic E-state index is -0.735. The number of amides is 2. The van der Waals surface area contributed by atoms with Crippen LogP contribution < -0.4 is 20.1 Å². The summed E-state index contributed by atoms with van der Waals surface area (Å²) in [6.45, 7) is -0.812. The van der Waals surface area contributed by atoms with Crippen LogP contribution in [-0.4, -0.2) is 38.1 Å². The van der Waals surface area contributed by atoms with Gasteiger partial charge in [-0.2, -0.15) is 0 Å². The molecule has 0 aliphatic heterocycles. The first-order valence-corrected chi connectivity index (χ1v) is 9.83. The number of benzene rings is 3. The molecule has 3 aromatic carbocycles. The van der Waals surface area contributed by atoms with E-state index in [1.165, 1.54) is 49.6 Å². The van der Waals surface area contributed by atoms with Crippen molar-refractivity contribution in [3.63, 3.8) is 0 Å². The molecule has 0 bridgehead atoms. The number of ether oxygens (including phenoxy) is 3. The first-order chi connectivity index (χ1) is 15.9. The predicted molar refractivity (Wildman–Crippen MR) is 119 cm³/mol. The Balaban J connectivity index is 1.44. The molecule has 0 saturated heterocycles. The number of esters is 1. The van der Waals surface area contributed by atoms with Crippen LogP contribution in [0.5, 0.6) is 11.5 Å². The Morgan fingerprint density at radius 1 is 0.818 bits per heavy atom. The van der Waals surface area contributed by atoms with Crippen LogP contribution in [0.15, 0.2) is 72.8 Å². The maximum atomic E-state index is 13.5. The van der Waals surface area contributed by atoms with E-state index in [1.807, 2.05) is 0 Å². The fourth-order valence-electron chi connectivity index (χ4n) is 2.70. The van der Waals surface area contributed by atoms with Crippen LogP contribution in [-0.2, 0) is 14.3 Å². The van der Waals surface area contributed by atoms with Gasteiger partial charge in [-0.1, -0.05) is 18.2 Å². The molecule has 0 fully saturated rings. The summed E-state index contributed by atoms with van der Waals surface area (Å²) in [7, 11) is 1.53. The summed E-state index contributed by atoms with van der Waals surface area (Å²) in [5.74, 6) is -1.39. The molecule has 0 aliphatic carbocycles. The molecular weight excluding hydrogens is 431 g/mol. The number of methoxy groups -OCH3 is 1. The molecule has 0 aromatic heterocycles. The number of anilines is 2. The molecule has 0 atom stereocenters. The van der Waals surface area contributed by atoms with Crippen molar-refractivity contribution in [1.82, 2.24) is 0 Å². The third kappa shape index (κ3) is 7.06. The van der Waals surface area contributed by atoms with Gasteiger partial charge in [-0.15, -0.1) is 0 Å². The first kappa shape index (κ1) is 23.3. The zero-order chi connectivity index (χ0) is 23.6. The lowest BCUT2D eigenvalue weighted by atomic mass is 10.2. The number of nitrogens with one attached hydrogen (secondary N) is 2. The predicted octanol–water partition coefficient (Wildman–Crippen LogP) is 3.65. The Labute approximate surface area is 189 Å². The fourth-order valence-corrected chi connectivity index (χ4v) is 2.70. The summed E-state index contributed by atoms with van der Waals surface area (Å²) in [5, 5.41) is 5.01. The van der Waals surface area contributed by atoms with Crippen LogP contribution in [0.4, 0.5) is 15.8 Å². The Bertz CT molecular complexity index is 1130. The van der Waals surface area contributed by atoms with Crippen LogP contribution >= 0.6 is 0 Å². The van der Waals surface area contributed by atoms with E-state index >= 15 is 0 Å². The first-order valence-electron chi connectivity index (χ1n) is 9.83. The molecule has 0 unspecified atom stereocenters. The van der Waals surface area contributed by atoms with Crippen molar-refractivity contribution in [3.8, 4) is 11.5 Å². The van der Waals surface area contributed by atoms with Gasteiger partial charge in [0.15, 0.2) is 13.2 Å². The van der Waals surface area contributed by atoms with E-state index < -0.39 is 24.3 Å². The van der Waals surface area contributed by atoms with Crippen LogP contribution in [0.1, 0.15) is 10.4 Å². The third-order valence-electron chi connectivity index (χ3n) is 4.30. The topological polar surface area (TPSA) is 103 Å². The lowest BCUT2D eigenvalue weighted by molar-refractivity contribution is -0.119. The normalized spacial score (nSPS) is 10.1. The molecule has 3 rings (SSSR count). The highest BCUT2D eigenvalue weighted by Gasteiger charge is 2.12. The van der Waals surface area contributed by atoms with E-state index in [4.69, 9.17) is 14.2 Å². The molecule has 0 radical (unpaired) electrons. The highest BCUT2D eigenvalue weighted by molar-refractivity contribution is 5.95. The van der Waals surface area contributed by atoms with Gasteiger partial charge in [0, 0.05) is 11.8 Å².